The second-order valence-electron chi connectivity index (χ2n) is 12.9. The Bertz CT molecular complexity index is 1870. The van der Waals surface area contributed by atoms with Crippen LogP contribution < -0.4 is 4.74 Å². The van der Waals surface area contributed by atoms with Crippen LogP contribution in [0.5, 0.6) is 5.75 Å². The van der Waals surface area contributed by atoms with Gasteiger partial charge in [-0.2, -0.15) is 9.59 Å². The smallest absolute Gasteiger partial charge is 0.373 e. The molecule has 0 spiro atoms. The van der Waals surface area contributed by atoms with Crippen LogP contribution in [0.1, 0.15) is 57.6 Å². The number of fused-ring (bicyclic) bond motifs is 3. The maximum absolute atomic E-state index is 13.5. The van der Waals surface area contributed by atoms with Gasteiger partial charge in [0, 0.05) is 16.1 Å². The van der Waals surface area contributed by atoms with Gasteiger partial charge in [0.05, 0.1) is 84.7 Å². The van der Waals surface area contributed by atoms with Crippen LogP contribution in [0.2, 0.25) is 0 Å². The number of hydrogen-bond acceptors (Lipinski definition) is 12. The number of aliphatic hydroxyl groups excluding tert-OH is 2. The summed E-state index contributed by atoms with van der Waals surface area (Å²) in [5.41, 5.74) is 8.90. The fourth-order valence-electron chi connectivity index (χ4n) is 6.73. The van der Waals surface area contributed by atoms with E-state index >= 15 is 0 Å². The van der Waals surface area contributed by atoms with E-state index in [0.717, 1.165) is 48.7 Å². The molecule has 12 nitrogen and oxygen atoms in total. The molecule has 0 amide bonds. The highest BCUT2D eigenvalue weighted by atomic mass is 79.9. The van der Waals surface area contributed by atoms with Crippen molar-refractivity contribution in [3.8, 4) is 16.9 Å². The van der Waals surface area contributed by atoms with Crippen molar-refractivity contribution in [2.75, 3.05) is 93.0 Å². The summed E-state index contributed by atoms with van der Waals surface area (Å²) in [6.45, 7) is 10.8. The highest BCUT2D eigenvalue weighted by Crippen LogP contribution is 2.57. The summed E-state index contributed by atoms with van der Waals surface area (Å²) in [6, 6.07) is 25.6. The Morgan fingerprint density at radius 3 is 1.66 bits per heavy atom. The highest BCUT2D eigenvalue weighted by molar-refractivity contribution is 9.10. The average molecular weight is 947 g/mol. The molecule has 0 atom stereocenters. The quantitative estimate of drug-likeness (QED) is 0.0537. The van der Waals surface area contributed by atoms with Gasteiger partial charge in [-0.3, -0.25) is 0 Å². The lowest BCUT2D eigenvalue weighted by Crippen LogP contribution is -2.29. The molecule has 0 bridgehead atoms. The first-order chi connectivity index (χ1) is 28.7. The van der Waals surface area contributed by atoms with Crippen LogP contribution in [0.25, 0.3) is 11.1 Å². The minimum absolute atomic E-state index is 0.0417. The number of carbonyl (C=O) groups is 1. The van der Waals surface area contributed by atoms with Crippen molar-refractivity contribution in [1.29, 1.82) is 0 Å². The predicted octanol–water partition coefficient (Wildman–Crippen LogP) is 7.10. The molecular formula is C45H54Br2O12. The number of methoxy groups -OCH3 is 1. The van der Waals surface area contributed by atoms with Crippen LogP contribution in [0, 0.1) is 6.92 Å². The number of esters is 1. The first-order valence-electron chi connectivity index (χ1n) is 19.3. The Hall–Kier alpha value is -3.79. The van der Waals surface area contributed by atoms with Crippen LogP contribution in [0.3, 0.4) is 0 Å². The summed E-state index contributed by atoms with van der Waals surface area (Å²) in [4.78, 5) is 29.8. The monoisotopic (exact) mass is 944 g/mol. The third-order valence-electron chi connectivity index (χ3n) is 9.26. The van der Waals surface area contributed by atoms with Crippen molar-refractivity contribution in [2.45, 2.75) is 32.6 Å². The molecule has 0 unspecified atom stereocenters. The Morgan fingerprint density at radius 1 is 0.661 bits per heavy atom. The summed E-state index contributed by atoms with van der Waals surface area (Å²) >= 11 is 7.53. The van der Waals surface area contributed by atoms with Gasteiger partial charge in [0.2, 0.25) is 0 Å². The topological polar surface area (TPSA) is 156 Å². The molecule has 4 aromatic rings. The molecule has 0 aliphatic heterocycles. The third-order valence-corrected chi connectivity index (χ3v) is 10.3. The van der Waals surface area contributed by atoms with Gasteiger partial charge in [-0.05, 0) is 101 Å². The standard InChI is InChI=1S/C38H40Br2O6.C6H14O4.CO2/c1-5-26-21-27(8-7-25(26)3)38(34-23-29(39)10-12-31(34)32-13-11-30(40)24-35(32)38)28-9-14-36(33(22-28)37(41)45-6-2)46-20-19-44-18-17-43-16-15-42-4;7-1-3-9-5-6-10-4-2-8;2-1-3/h7-14,21-24H,5-6,15-20H2,1-4H3;7-8H,1-6H2;. The number of halogens is 2. The van der Waals surface area contributed by atoms with Crippen molar-refractivity contribution in [1.82, 2.24) is 0 Å². The molecule has 0 saturated heterocycles. The van der Waals surface area contributed by atoms with E-state index in [1.807, 2.05) is 19.1 Å². The van der Waals surface area contributed by atoms with Crippen LogP contribution in [-0.4, -0.2) is 115 Å². The maximum atomic E-state index is 13.5. The van der Waals surface area contributed by atoms with Gasteiger partial charge >= 0.3 is 12.1 Å². The second-order valence-corrected chi connectivity index (χ2v) is 14.7. The Morgan fingerprint density at radius 2 is 1.15 bits per heavy atom. The average Bonchev–Trinajstić information content (AvgIpc) is 3.51. The van der Waals surface area contributed by atoms with Gasteiger partial charge in [0.15, 0.2) is 0 Å². The molecule has 1 aliphatic carbocycles. The zero-order chi connectivity index (χ0) is 43.0. The molecule has 4 aromatic carbocycles. The van der Waals surface area contributed by atoms with E-state index in [2.05, 4.69) is 106 Å². The number of rotatable bonds is 22. The van der Waals surface area contributed by atoms with Gasteiger partial charge in [-0.1, -0.05) is 75.2 Å². The lowest BCUT2D eigenvalue weighted by atomic mass is 9.67. The number of aliphatic hydroxyl groups is 2. The maximum Gasteiger partial charge on any atom is 0.373 e. The van der Waals surface area contributed by atoms with E-state index in [1.165, 1.54) is 11.1 Å². The van der Waals surface area contributed by atoms with Gasteiger partial charge in [-0.15, -0.1) is 0 Å². The summed E-state index contributed by atoms with van der Waals surface area (Å²) in [5, 5.41) is 16.5. The van der Waals surface area contributed by atoms with E-state index < -0.39 is 11.4 Å². The minimum atomic E-state index is -0.707. The number of ether oxygens (including phenoxy) is 7. The van der Waals surface area contributed by atoms with E-state index in [9.17, 15) is 4.79 Å². The first-order valence-corrected chi connectivity index (χ1v) is 20.9. The number of benzene rings is 4. The Labute approximate surface area is 363 Å². The molecule has 320 valence electrons. The number of aryl methyl sites for hydroxylation is 2. The van der Waals surface area contributed by atoms with Crippen molar-refractivity contribution >= 4 is 44.0 Å². The van der Waals surface area contributed by atoms with E-state index in [4.69, 9.17) is 53.0 Å². The molecule has 2 N–H and O–H groups in total. The lowest BCUT2D eigenvalue weighted by molar-refractivity contribution is -0.191. The highest BCUT2D eigenvalue weighted by Gasteiger charge is 2.47. The third kappa shape index (κ3) is 13.9. The number of hydrogen-bond donors (Lipinski definition) is 2. The predicted molar refractivity (Wildman–Crippen MR) is 229 cm³/mol. The van der Waals surface area contributed by atoms with Crippen molar-refractivity contribution < 1.29 is 57.8 Å². The first kappa shape index (κ1) is 49.6. The molecule has 0 saturated carbocycles. The normalized spacial score (nSPS) is 11.9. The van der Waals surface area contributed by atoms with Crippen molar-refractivity contribution in [3.63, 3.8) is 0 Å². The van der Waals surface area contributed by atoms with Crippen LogP contribution >= 0.6 is 31.9 Å². The number of carbonyl (C=O) groups excluding carboxylic acids is 3. The molecule has 0 fully saturated rings. The minimum Gasteiger partial charge on any atom is -0.490 e. The second kappa shape index (κ2) is 27.1. The molecule has 14 heteroatoms. The van der Waals surface area contributed by atoms with Gasteiger partial charge < -0.3 is 43.4 Å². The SMILES string of the molecule is CCOC(=O)c1cc(C2(c3ccc(C)c(CC)c3)c3cc(Br)ccc3-c3ccc(Br)cc32)ccc1OCCOCCOCCOC.O=C=O.OCCOCCOCCO. The van der Waals surface area contributed by atoms with E-state index in [0.29, 0.717) is 70.8 Å². The Kier molecular flexibility index (Phi) is 22.8. The molecular weight excluding hydrogens is 892 g/mol. The van der Waals surface area contributed by atoms with Gasteiger partial charge in [-0.25, -0.2) is 4.79 Å². The zero-order valence-electron chi connectivity index (χ0n) is 34.1. The van der Waals surface area contributed by atoms with E-state index in [1.54, 1.807) is 7.11 Å². The van der Waals surface area contributed by atoms with Gasteiger partial charge in [0.1, 0.15) is 17.9 Å². The van der Waals surface area contributed by atoms with Crippen molar-refractivity contribution in [3.05, 3.63) is 121 Å². The molecule has 59 heavy (non-hydrogen) atoms. The van der Waals surface area contributed by atoms with Crippen LogP contribution in [0.15, 0.2) is 81.7 Å². The Balaban J connectivity index is 0.000000620. The zero-order valence-corrected chi connectivity index (χ0v) is 37.2. The summed E-state index contributed by atoms with van der Waals surface area (Å²) in [6.07, 6.45) is 1.16. The molecule has 1 aliphatic rings. The summed E-state index contributed by atoms with van der Waals surface area (Å²) in [5.74, 6) is 0.0272. The molecule has 0 aromatic heterocycles. The van der Waals surface area contributed by atoms with Crippen LogP contribution in [0.4, 0.5) is 0 Å². The van der Waals surface area contributed by atoms with E-state index in [-0.39, 0.29) is 32.6 Å². The molecule has 0 heterocycles. The molecule has 5 rings (SSSR count). The van der Waals surface area contributed by atoms with Crippen molar-refractivity contribution in [2.24, 2.45) is 0 Å². The van der Waals surface area contributed by atoms with Gasteiger partial charge in [0.25, 0.3) is 0 Å². The summed E-state index contributed by atoms with van der Waals surface area (Å²) in [7, 11) is 1.64. The largest absolute Gasteiger partial charge is 0.490 e. The summed E-state index contributed by atoms with van der Waals surface area (Å²) < 4.78 is 39.5. The molecule has 0 radical (unpaired) electrons. The fourth-order valence-corrected chi connectivity index (χ4v) is 7.45. The van der Waals surface area contributed by atoms with Crippen LogP contribution in [-0.2, 0) is 49.8 Å². The lowest BCUT2D eigenvalue weighted by Gasteiger charge is -2.35. The fraction of sp³-hybridized carbons (Fsp3) is 0.422.